The van der Waals surface area contributed by atoms with E-state index < -0.39 is 10.1 Å². The first-order valence-corrected chi connectivity index (χ1v) is 7.35. The lowest BCUT2D eigenvalue weighted by molar-refractivity contribution is 0.482. The first kappa shape index (κ1) is 14.2. The van der Waals surface area contributed by atoms with Crippen molar-refractivity contribution in [2.75, 3.05) is 0 Å². The minimum atomic E-state index is -4.06. The smallest absolute Gasteiger partial charge is 0.360 e. The summed E-state index contributed by atoms with van der Waals surface area (Å²) in [5, 5.41) is 0.204. The van der Waals surface area contributed by atoms with Crippen LogP contribution in [-0.2, 0) is 17.2 Å². The summed E-state index contributed by atoms with van der Waals surface area (Å²) in [6.45, 7) is 1.75. The Kier molecular flexibility index (Phi) is 3.75. The van der Waals surface area contributed by atoms with Gasteiger partial charge in [0.15, 0.2) is 5.15 Å². The van der Waals surface area contributed by atoms with Gasteiger partial charge in [-0.25, -0.2) is 4.98 Å². The van der Waals surface area contributed by atoms with E-state index in [0.29, 0.717) is 10.6 Å². The van der Waals surface area contributed by atoms with E-state index in [4.69, 9.17) is 27.4 Å². The Morgan fingerprint density at radius 1 is 1.32 bits per heavy atom. The first-order chi connectivity index (χ1) is 8.81. The van der Waals surface area contributed by atoms with Crippen molar-refractivity contribution in [3.63, 3.8) is 0 Å². The first-order valence-electron chi connectivity index (χ1n) is 5.19. The number of hydrogen-bond acceptors (Lipinski definition) is 4. The molecule has 2 rings (SSSR count). The van der Waals surface area contributed by atoms with Crippen molar-refractivity contribution in [2.24, 2.45) is 7.05 Å². The second kappa shape index (κ2) is 5.03. The fourth-order valence-electron chi connectivity index (χ4n) is 1.40. The Morgan fingerprint density at radius 2 is 2.00 bits per heavy atom. The number of aromatic nitrogens is 2. The van der Waals surface area contributed by atoms with Crippen molar-refractivity contribution in [3.05, 3.63) is 40.3 Å². The molecule has 1 aromatic carbocycles. The topological polar surface area (TPSA) is 61.2 Å². The zero-order valence-electron chi connectivity index (χ0n) is 10.1. The van der Waals surface area contributed by atoms with Crippen molar-refractivity contribution in [1.82, 2.24) is 9.55 Å². The van der Waals surface area contributed by atoms with Crippen LogP contribution in [0.15, 0.2) is 29.6 Å². The molecule has 0 fully saturated rings. The highest BCUT2D eigenvalue weighted by Gasteiger charge is 2.24. The molecule has 0 radical (unpaired) electrons. The van der Waals surface area contributed by atoms with Gasteiger partial charge in [-0.15, -0.1) is 0 Å². The van der Waals surface area contributed by atoms with Crippen LogP contribution in [0.3, 0.4) is 0 Å². The minimum absolute atomic E-state index is 0.00862. The van der Waals surface area contributed by atoms with Crippen LogP contribution in [-0.4, -0.2) is 18.0 Å². The van der Waals surface area contributed by atoms with Gasteiger partial charge in [-0.2, -0.15) is 8.42 Å². The average molecular weight is 321 g/mol. The standard InChI is InChI=1S/C11H10Cl2N2O3S/c1-7-5-8(3-4-9(7)12)18-19(16,17)11-10(13)15(2)6-14-11/h3-6H,1-2H3. The van der Waals surface area contributed by atoms with E-state index in [0.717, 1.165) is 0 Å². The molecule has 1 aromatic heterocycles. The monoisotopic (exact) mass is 320 g/mol. The van der Waals surface area contributed by atoms with Crippen LogP contribution in [0.2, 0.25) is 10.2 Å². The SMILES string of the molecule is Cc1cc(OS(=O)(=O)c2ncn(C)c2Cl)ccc1Cl. The summed E-state index contributed by atoms with van der Waals surface area (Å²) in [5.41, 5.74) is 0.710. The average Bonchev–Trinajstić information content (AvgIpc) is 2.65. The number of hydrogen-bond donors (Lipinski definition) is 0. The van der Waals surface area contributed by atoms with Crippen molar-refractivity contribution < 1.29 is 12.6 Å². The van der Waals surface area contributed by atoms with Crippen molar-refractivity contribution in [2.45, 2.75) is 11.9 Å². The molecule has 0 saturated heterocycles. The lowest BCUT2D eigenvalue weighted by atomic mass is 10.2. The summed E-state index contributed by atoms with van der Waals surface area (Å²) in [4.78, 5) is 3.72. The summed E-state index contributed by atoms with van der Waals surface area (Å²) in [7, 11) is -2.48. The zero-order chi connectivity index (χ0) is 14.2. The zero-order valence-corrected chi connectivity index (χ0v) is 12.4. The van der Waals surface area contributed by atoms with Crippen LogP contribution in [0.1, 0.15) is 5.56 Å². The number of benzene rings is 1. The minimum Gasteiger partial charge on any atom is -0.378 e. The second-order valence-electron chi connectivity index (χ2n) is 3.90. The Morgan fingerprint density at radius 3 is 2.53 bits per heavy atom. The summed E-state index contributed by atoms with van der Waals surface area (Å²) in [6, 6.07) is 4.54. The molecule has 0 N–H and O–H groups in total. The van der Waals surface area contributed by atoms with E-state index in [2.05, 4.69) is 4.98 Å². The Balaban J connectivity index is 2.36. The maximum atomic E-state index is 12.0. The van der Waals surface area contributed by atoms with E-state index in [1.807, 2.05) is 0 Å². The van der Waals surface area contributed by atoms with E-state index in [1.54, 1.807) is 20.0 Å². The Hall–Kier alpha value is -1.24. The van der Waals surface area contributed by atoms with Crippen LogP contribution in [0.4, 0.5) is 0 Å². The maximum Gasteiger partial charge on any atom is 0.360 e. The maximum absolute atomic E-state index is 12.0. The summed E-state index contributed by atoms with van der Waals surface area (Å²) >= 11 is 11.7. The fourth-order valence-corrected chi connectivity index (χ4v) is 2.85. The molecule has 2 aromatic rings. The molecular formula is C11H10Cl2N2O3S. The molecule has 0 aliphatic rings. The van der Waals surface area contributed by atoms with E-state index in [-0.39, 0.29) is 15.9 Å². The van der Waals surface area contributed by atoms with Crippen LogP contribution < -0.4 is 4.18 Å². The summed E-state index contributed by atoms with van der Waals surface area (Å²) in [5.74, 6) is 0.156. The molecule has 0 saturated carbocycles. The molecule has 0 spiro atoms. The molecule has 0 amide bonds. The summed E-state index contributed by atoms with van der Waals surface area (Å²) < 4.78 is 30.4. The summed E-state index contributed by atoms with van der Waals surface area (Å²) in [6.07, 6.45) is 1.30. The number of nitrogens with zero attached hydrogens (tertiary/aromatic N) is 2. The molecule has 0 aliphatic carbocycles. The van der Waals surface area contributed by atoms with Gasteiger partial charge < -0.3 is 8.75 Å². The van der Waals surface area contributed by atoms with Gasteiger partial charge in [0.2, 0.25) is 5.03 Å². The highest BCUT2D eigenvalue weighted by molar-refractivity contribution is 7.87. The van der Waals surface area contributed by atoms with E-state index in [9.17, 15) is 8.42 Å². The van der Waals surface area contributed by atoms with Gasteiger partial charge in [0.25, 0.3) is 0 Å². The fraction of sp³-hybridized carbons (Fsp3) is 0.182. The van der Waals surface area contributed by atoms with Crippen molar-refractivity contribution in [1.29, 1.82) is 0 Å². The van der Waals surface area contributed by atoms with Gasteiger partial charge in [-0.05, 0) is 30.7 Å². The number of aryl methyl sites for hydroxylation is 2. The molecule has 5 nitrogen and oxygen atoms in total. The van der Waals surface area contributed by atoms with Crippen LogP contribution in [0.25, 0.3) is 0 Å². The molecular weight excluding hydrogens is 311 g/mol. The van der Waals surface area contributed by atoms with Crippen molar-refractivity contribution >= 4 is 33.3 Å². The lowest BCUT2D eigenvalue weighted by Gasteiger charge is -2.06. The van der Waals surface area contributed by atoms with Gasteiger partial charge in [0.1, 0.15) is 5.75 Å². The third-order valence-corrected chi connectivity index (χ3v) is 4.57. The quantitative estimate of drug-likeness (QED) is 0.816. The third-order valence-electron chi connectivity index (χ3n) is 2.41. The van der Waals surface area contributed by atoms with Gasteiger partial charge in [0.05, 0.1) is 6.33 Å². The van der Waals surface area contributed by atoms with Crippen LogP contribution in [0, 0.1) is 6.92 Å². The normalized spacial score (nSPS) is 11.6. The van der Waals surface area contributed by atoms with Gasteiger partial charge in [-0.3, -0.25) is 0 Å². The Bertz CT molecular complexity index is 726. The molecule has 0 aliphatic heterocycles. The number of halogens is 2. The lowest BCUT2D eigenvalue weighted by Crippen LogP contribution is -2.11. The number of rotatable bonds is 3. The van der Waals surface area contributed by atoms with Gasteiger partial charge in [-0.1, -0.05) is 23.2 Å². The van der Waals surface area contributed by atoms with Gasteiger partial charge in [0, 0.05) is 12.1 Å². The van der Waals surface area contributed by atoms with Crippen LogP contribution in [0.5, 0.6) is 5.75 Å². The highest BCUT2D eigenvalue weighted by atomic mass is 35.5. The van der Waals surface area contributed by atoms with Gasteiger partial charge >= 0.3 is 10.1 Å². The molecule has 19 heavy (non-hydrogen) atoms. The second-order valence-corrected chi connectivity index (χ2v) is 6.13. The van der Waals surface area contributed by atoms with Crippen LogP contribution >= 0.6 is 23.2 Å². The molecule has 8 heteroatoms. The predicted octanol–water partition coefficient (Wildman–Crippen LogP) is 2.80. The van der Waals surface area contributed by atoms with E-state index in [1.165, 1.54) is 23.0 Å². The molecule has 102 valence electrons. The number of imidazole rings is 1. The predicted molar refractivity (Wildman–Crippen MR) is 72.2 cm³/mol. The van der Waals surface area contributed by atoms with Crippen molar-refractivity contribution in [3.8, 4) is 5.75 Å². The molecule has 1 heterocycles. The van der Waals surface area contributed by atoms with E-state index >= 15 is 0 Å². The highest BCUT2D eigenvalue weighted by Crippen LogP contribution is 2.26. The largest absolute Gasteiger partial charge is 0.378 e. The molecule has 0 atom stereocenters. The molecule has 0 unspecified atom stereocenters. The Labute approximate surface area is 120 Å². The molecule has 0 bridgehead atoms. The third kappa shape index (κ3) is 2.86.